The molecule has 4 aromatic rings. The first-order valence-corrected chi connectivity index (χ1v) is 9.02. The van der Waals surface area contributed by atoms with E-state index in [4.69, 9.17) is 9.15 Å². The summed E-state index contributed by atoms with van der Waals surface area (Å²) in [5.41, 5.74) is 1.78. The number of amides is 1. The zero-order valence-electron chi connectivity index (χ0n) is 15.4. The highest BCUT2D eigenvalue weighted by Crippen LogP contribution is 2.28. The minimum absolute atomic E-state index is 0.151. The molecule has 1 aromatic heterocycles. The van der Waals surface area contributed by atoms with Crippen LogP contribution in [-0.4, -0.2) is 18.6 Å². The van der Waals surface area contributed by atoms with Crippen LogP contribution in [0.2, 0.25) is 0 Å². The molecule has 136 valence electrons. The molecule has 4 rings (SSSR count). The lowest BCUT2D eigenvalue weighted by Crippen LogP contribution is -2.36. The number of benzene rings is 3. The molecule has 0 spiro atoms. The number of ether oxygens (including phenoxy) is 1. The Morgan fingerprint density at radius 1 is 1.04 bits per heavy atom. The smallest absolute Gasteiger partial charge is 0.287 e. The van der Waals surface area contributed by atoms with Crippen molar-refractivity contribution in [1.29, 1.82) is 0 Å². The molecule has 0 fully saturated rings. The van der Waals surface area contributed by atoms with Crippen LogP contribution in [0.5, 0.6) is 5.75 Å². The predicted molar refractivity (Wildman–Crippen MR) is 107 cm³/mol. The summed E-state index contributed by atoms with van der Waals surface area (Å²) in [7, 11) is 0. The molecule has 1 N–H and O–H groups in total. The van der Waals surface area contributed by atoms with Crippen LogP contribution < -0.4 is 10.1 Å². The number of carbonyl (C=O) groups is 1. The van der Waals surface area contributed by atoms with Crippen LogP contribution in [0.4, 0.5) is 0 Å². The van der Waals surface area contributed by atoms with E-state index in [0.717, 1.165) is 27.5 Å². The Kier molecular flexibility index (Phi) is 4.55. The maximum atomic E-state index is 12.6. The summed E-state index contributed by atoms with van der Waals surface area (Å²) in [5.74, 6) is 0.897. The lowest BCUT2D eigenvalue weighted by Gasteiger charge is -2.15. The van der Waals surface area contributed by atoms with Crippen LogP contribution in [0.1, 0.15) is 23.0 Å². The number of hydrogen-bond donors (Lipinski definition) is 1. The van der Waals surface area contributed by atoms with E-state index < -0.39 is 0 Å². The van der Waals surface area contributed by atoms with Crippen LogP contribution in [0, 0.1) is 6.92 Å². The van der Waals surface area contributed by atoms with Crippen molar-refractivity contribution in [2.24, 2.45) is 0 Å². The fourth-order valence-corrected chi connectivity index (χ4v) is 3.17. The largest absolute Gasteiger partial charge is 0.491 e. The zero-order valence-corrected chi connectivity index (χ0v) is 15.4. The average Bonchev–Trinajstić information content (AvgIpc) is 3.12. The van der Waals surface area contributed by atoms with Crippen molar-refractivity contribution in [1.82, 2.24) is 5.32 Å². The van der Waals surface area contributed by atoms with Gasteiger partial charge in [0.2, 0.25) is 0 Å². The van der Waals surface area contributed by atoms with Crippen molar-refractivity contribution < 1.29 is 13.9 Å². The molecule has 0 saturated heterocycles. The molecular formula is C23H21NO3. The number of hydrogen-bond acceptors (Lipinski definition) is 3. The molecule has 4 nitrogen and oxygen atoms in total. The molecule has 0 saturated carbocycles. The molecule has 1 heterocycles. The Hall–Kier alpha value is -3.27. The number of aryl methyl sites for hydroxylation is 1. The lowest BCUT2D eigenvalue weighted by molar-refractivity contribution is 0.0901. The standard InChI is InChI=1S/C23H21NO3/c1-15-7-3-6-10-20(15)26-14-16(2)24-23(25)22-13-19-18-9-5-4-8-17(18)11-12-21(19)27-22/h3-13,16H,14H2,1-2H3,(H,24,25). The Morgan fingerprint density at radius 2 is 1.81 bits per heavy atom. The summed E-state index contributed by atoms with van der Waals surface area (Å²) in [4.78, 5) is 12.6. The summed E-state index contributed by atoms with van der Waals surface area (Å²) in [5, 5.41) is 6.08. The van der Waals surface area contributed by atoms with Gasteiger partial charge in [0.1, 0.15) is 17.9 Å². The van der Waals surface area contributed by atoms with Gasteiger partial charge in [0, 0.05) is 5.39 Å². The molecular weight excluding hydrogens is 338 g/mol. The summed E-state index contributed by atoms with van der Waals surface area (Å²) in [6.07, 6.45) is 0. The molecule has 0 aliphatic heterocycles. The van der Waals surface area contributed by atoms with Crippen LogP contribution in [-0.2, 0) is 0 Å². The fourth-order valence-electron chi connectivity index (χ4n) is 3.17. The van der Waals surface area contributed by atoms with Gasteiger partial charge in [0.15, 0.2) is 5.76 Å². The molecule has 1 unspecified atom stereocenters. The van der Waals surface area contributed by atoms with E-state index in [1.807, 2.05) is 80.6 Å². The SMILES string of the molecule is Cc1ccccc1OCC(C)NC(=O)c1cc2c(ccc3ccccc32)o1. The Balaban J connectivity index is 1.48. The molecule has 4 heteroatoms. The highest BCUT2D eigenvalue weighted by Gasteiger charge is 2.16. The quantitative estimate of drug-likeness (QED) is 0.540. The maximum Gasteiger partial charge on any atom is 0.287 e. The first kappa shape index (κ1) is 17.2. The van der Waals surface area contributed by atoms with E-state index in [-0.39, 0.29) is 11.9 Å². The van der Waals surface area contributed by atoms with Gasteiger partial charge < -0.3 is 14.5 Å². The third-order valence-corrected chi connectivity index (χ3v) is 4.61. The second-order valence-electron chi connectivity index (χ2n) is 6.76. The van der Waals surface area contributed by atoms with Gasteiger partial charge in [-0.05, 0) is 48.4 Å². The van der Waals surface area contributed by atoms with Crippen LogP contribution in [0.15, 0.2) is 71.1 Å². The number of fused-ring (bicyclic) bond motifs is 3. The van der Waals surface area contributed by atoms with E-state index in [1.54, 1.807) is 0 Å². The van der Waals surface area contributed by atoms with Gasteiger partial charge in [-0.25, -0.2) is 0 Å². The Labute approximate surface area is 157 Å². The van der Waals surface area contributed by atoms with Crippen molar-refractivity contribution in [3.63, 3.8) is 0 Å². The molecule has 0 radical (unpaired) electrons. The molecule has 0 bridgehead atoms. The van der Waals surface area contributed by atoms with Crippen LogP contribution >= 0.6 is 0 Å². The fraction of sp³-hybridized carbons (Fsp3) is 0.174. The molecule has 3 aromatic carbocycles. The summed E-state index contributed by atoms with van der Waals surface area (Å²) in [6.45, 7) is 4.30. The lowest BCUT2D eigenvalue weighted by atomic mass is 10.1. The molecule has 27 heavy (non-hydrogen) atoms. The normalized spacial score (nSPS) is 12.2. The topological polar surface area (TPSA) is 51.5 Å². The van der Waals surface area contributed by atoms with Crippen molar-refractivity contribution in [2.45, 2.75) is 19.9 Å². The minimum atomic E-state index is -0.240. The summed E-state index contributed by atoms with van der Waals surface area (Å²) in [6, 6.07) is 21.5. The summed E-state index contributed by atoms with van der Waals surface area (Å²) >= 11 is 0. The first-order valence-electron chi connectivity index (χ1n) is 9.02. The van der Waals surface area contributed by atoms with Gasteiger partial charge in [0.25, 0.3) is 5.91 Å². The van der Waals surface area contributed by atoms with Gasteiger partial charge in [-0.3, -0.25) is 4.79 Å². The van der Waals surface area contributed by atoms with E-state index in [2.05, 4.69) is 5.32 Å². The number of furan rings is 1. The minimum Gasteiger partial charge on any atom is -0.491 e. The number of rotatable bonds is 5. The van der Waals surface area contributed by atoms with Crippen LogP contribution in [0.25, 0.3) is 21.7 Å². The van der Waals surface area contributed by atoms with Gasteiger partial charge in [0.05, 0.1) is 6.04 Å². The van der Waals surface area contributed by atoms with Crippen molar-refractivity contribution >= 4 is 27.6 Å². The second-order valence-corrected chi connectivity index (χ2v) is 6.76. The molecule has 1 amide bonds. The third-order valence-electron chi connectivity index (χ3n) is 4.61. The van der Waals surface area contributed by atoms with E-state index in [9.17, 15) is 4.79 Å². The highest BCUT2D eigenvalue weighted by molar-refractivity contribution is 6.08. The van der Waals surface area contributed by atoms with E-state index >= 15 is 0 Å². The van der Waals surface area contributed by atoms with Crippen molar-refractivity contribution in [3.05, 3.63) is 78.1 Å². The predicted octanol–water partition coefficient (Wildman–Crippen LogP) is 5.09. The van der Waals surface area contributed by atoms with Gasteiger partial charge in [-0.1, -0.05) is 48.5 Å². The third kappa shape index (κ3) is 3.51. The zero-order chi connectivity index (χ0) is 18.8. The van der Waals surface area contributed by atoms with Gasteiger partial charge >= 0.3 is 0 Å². The number of carbonyl (C=O) groups excluding carboxylic acids is 1. The van der Waals surface area contributed by atoms with Gasteiger partial charge in [-0.15, -0.1) is 0 Å². The number of nitrogens with one attached hydrogen (secondary N) is 1. The first-order chi connectivity index (χ1) is 13.1. The van der Waals surface area contributed by atoms with Crippen LogP contribution in [0.3, 0.4) is 0 Å². The van der Waals surface area contributed by atoms with Crippen molar-refractivity contribution in [2.75, 3.05) is 6.61 Å². The van der Waals surface area contributed by atoms with Gasteiger partial charge in [-0.2, -0.15) is 0 Å². The molecule has 1 atom stereocenters. The maximum absolute atomic E-state index is 12.6. The second kappa shape index (κ2) is 7.16. The van der Waals surface area contributed by atoms with E-state index in [0.29, 0.717) is 18.0 Å². The Morgan fingerprint density at radius 3 is 2.67 bits per heavy atom. The molecule has 0 aliphatic rings. The highest BCUT2D eigenvalue weighted by atomic mass is 16.5. The van der Waals surface area contributed by atoms with E-state index in [1.165, 1.54) is 0 Å². The number of para-hydroxylation sites is 1. The Bertz CT molecular complexity index is 1110. The van der Waals surface area contributed by atoms with Crippen molar-refractivity contribution in [3.8, 4) is 5.75 Å². The molecule has 0 aliphatic carbocycles. The monoisotopic (exact) mass is 359 g/mol. The average molecular weight is 359 g/mol. The summed E-state index contributed by atoms with van der Waals surface area (Å²) < 4.78 is 11.6.